The van der Waals surface area contributed by atoms with Crippen molar-refractivity contribution in [3.05, 3.63) is 75.3 Å². The van der Waals surface area contributed by atoms with Gasteiger partial charge in [-0.3, -0.25) is 4.79 Å². The minimum Gasteiger partial charge on any atom is -0.481 e. The molecular weight excluding hydrogens is 540 g/mol. The summed E-state index contributed by atoms with van der Waals surface area (Å²) in [7, 11) is 0. The van der Waals surface area contributed by atoms with Gasteiger partial charge in [0.2, 0.25) is 0 Å². The van der Waals surface area contributed by atoms with Crippen LogP contribution in [0.2, 0.25) is 10.0 Å². The summed E-state index contributed by atoms with van der Waals surface area (Å²) < 4.78 is 23.6. The van der Waals surface area contributed by atoms with Crippen molar-refractivity contribution in [1.82, 2.24) is 9.78 Å². The minimum absolute atomic E-state index is 0.105. The third-order valence-corrected chi connectivity index (χ3v) is 9.83. The highest BCUT2D eigenvalue weighted by Gasteiger charge is 2.46. The molecule has 1 N–H and O–H groups in total. The summed E-state index contributed by atoms with van der Waals surface area (Å²) in [5.74, 6) is -0.293. The summed E-state index contributed by atoms with van der Waals surface area (Å²) in [6.45, 7) is 1.20. The molecule has 1 aliphatic heterocycles. The monoisotopic (exact) mass is 569 g/mol. The molecule has 6 nitrogen and oxygen atoms in total. The molecule has 4 fully saturated rings. The summed E-state index contributed by atoms with van der Waals surface area (Å²) in [5.41, 5.74) is 4.45. The van der Waals surface area contributed by atoms with Crippen LogP contribution in [0.25, 0.3) is 5.69 Å². The van der Waals surface area contributed by atoms with Crippen molar-refractivity contribution < 1.29 is 19.0 Å². The van der Waals surface area contributed by atoms with E-state index in [0.717, 1.165) is 43.5 Å². The van der Waals surface area contributed by atoms with E-state index in [4.69, 9.17) is 33.0 Å². The van der Waals surface area contributed by atoms with Crippen molar-refractivity contribution in [2.24, 2.45) is 11.8 Å². The van der Waals surface area contributed by atoms with E-state index in [-0.39, 0.29) is 29.8 Å². The van der Waals surface area contributed by atoms with Gasteiger partial charge in [0.25, 0.3) is 0 Å². The van der Waals surface area contributed by atoms with Crippen LogP contribution in [0.5, 0.6) is 0 Å². The van der Waals surface area contributed by atoms with E-state index < -0.39 is 5.97 Å². The first kappa shape index (κ1) is 25.4. The molecule has 1 saturated heterocycles. The molecule has 0 radical (unpaired) electrons. The summed E-state index contributed by atoms with van der Waals surface area (Å²) in [6.07, 6.45) is 7.36. The molecule has 0 amide bonds. The van der Waals surface area contributed by atoms with Crippen LogP contribution in [0.3, 0.4) is 0 Å². The van der Waals surface area contributed by atoms with Crippen molar-refractivity contribution in [2.45, 2.75) is 69.1 Å². The van der Waals surface area contributed by atoms with Crippen LogP contribution in [0, 0.1) is 17.7 Å². The molecule has 4 aliphatic rings. The smallest absolute Gasteiger partial charge is 0.306 e. The van der Waals surface area contributed by atoms with E-state index in [1.165, 1.54) is 5.56 Å². The molecule has 2 heterocycles. The first-order chi connectivity index (χ1) is 18.9. The van der Waals surface area contributed by atoms with Gasteiger partial charge in [-0.25, -0.2) is 9.07 Å². The van der Waals surface area contributed by atoms with Crippen molar-refractivity contribution in [2.75, 3.05) is 11.4 Å². The third kappa shape index (κ3) is 4.52. The Morgan fingerprint density at radius 2 is 1.85 bits per heavy atom. The van der Waals surface area contributed by atoms with Crippen molar-refractivity contribution in [3.63, 3.8) is 0 Å². The van der Waals surface area contributed by atoms with E-state index in [9.17, 15) is 4.79 Å². The molecule has 3 aromatic rings. The van der Waals surface area contributed by atoms with Gasteiger partial charge in [-0.05, 0) is 85.8 Å². The first-order valence-electron chi connectivity index (χ1n) is 13.8. The quantitative estimate of drug-likeness (QED) is 0.317. The number of benzene rings is 2. The molecule has 204 valence electrons. The van der Waals surface area contributed by atoms with Gasteiger partial charge in [0.15, 0.2) is 0 Å². The SMILES string of the molecule is O=C(O)C1CC(c2ccc(N3C[C@@H]4C[C@H]3C[C@H]4OCc3c(C4CC4)cnn3-c3c(Cl)cccc3Cl)c(F)c2)C1. The highest BCUT2D eigenvalue weighted by atomic mass is 35.5. The number of nitrogens with zero attached hydrogens (tertiary/aromatic N) is 3. The summed E-state index contributed by atoms with van der Waals surface area (Å²) >= 11 is 13.0. The number of para-hydroxylation sites is 1. The number of ether oxygens (including phenoxy) is 1. The second kappa shape index (κ2) is 9.79. The number of piperidine rings is 1. The number of halogens is 3. The van der Waals surface area contributed by atoms with Gasteiger partial charge in [-0.15, -0.1) is 0 Å². The van der Waals surface area contributed by atoms with Gasteiger partial charge in [0.1, 0.15) is 11.5 Å². The number of fused-ring (bicyclic) bond motifs is 2. The Morgan fingerprint density at radius 3 is 2.49 bits per heavy atom. The summed E-state index contributed by atoms with van der Waals surface area (Å²) in [4.78, 5) is 13.3. The highest BCUT2D eigenvalue weighted by molar-refractivity contribution is 6.37. The Morgan fingerprint density at radius 1 is 1.08 bits per heavy atom. The zero-order chi connectivity index (χ0) is 26.8. The van der Waals surface area contributed by atoms with Gasteiger partial charge in [0, 0.05) is 18.5 Å². The Labute approximate surface area is 236 Å². The fourth-order valence-corrected chi connectivity index (χ4v) is 7.40. The predicted octanol–water partition coefficient (Wildman–Crippen LogP) is 6.96. The average Bonchev–Trinajstić information content (AvgIpc) is 3.32. The second-order valence-corrected chi connectivity index (χ2v) is 12.4. The molecular formula is C30H30Cl2FN3O3. The molecule has 3 atom stereocenters. The Kier molecular flexibility index (Phi) is 6.37. The maximum absolute atomic E-state index is 15.2. The highest BCUT2D eigenvalue weighted by Crippen LogP contribution is 2.47. The standard InChI is InChI=1S/C30H30Cl2FN3O3/c31-23-2-1-3-24(32)29(23)36-27(22(13-34-36)16-4-5-16)15-39-28-12-21-10-20(28)14-35(21)26-7-6-17(11-25(26)33)18-8-19(9-18)30(37)38/h1-3,6-7,11,13,16,18-21,28H,4-5,8-10,12,14-15H2,(H,37,38)/t18?,19?,20-,21-,28+/m0/s1. The number of carbonyl (C=O) groups is 1. The number of aromatic nitrogens is 2. The van der Waals surface area contributed by atoms with Crippen molar-refractivity contribution in [1.29, 1.82) is 0 Å². The maximum Gasteiger partial charge on any atom is 0.306 e. The Hall–Kier alpha value is -2.61. The van der Waals surface area contributed by atoms with Gasteiger partial charge in [0.05, 0.1) is 46.3 Å². The van der Waals surface area contributed by atoms with E-state index in [1.807, 2.05) is 41.2 Å². The molecule has 2 bridgehead atoms. The topological polar surface area (TPSA) is 67.6 Å². The molecule has 2 aromatic carbocycles. The number of carboxylic acid groups (broad SMARTS) is 1. The van der Waals surface area contributed by atoms with Crippen molar-refractivity contribution >= 4 is 34.9 Å². The van der Waals surface area contributed by atoms with E-state index in [1.54, 1.807) is 6.07 Å². The number of hydrogen-bond donors (Lipinski definition) is 1. The molecule has 3 aliphatic carbocycles. The number of aliphatic carboxylic acids is 1. The van der Waals surface area contributed by atoms with Crippen LogP contribution in [-0.4, -0.2) is 39.5 Å². The van der Waals surface area contributed by atoms with E-state index >= 15 is 4.39 Å². The summed E-state index contributed by atoms with van der Waals surface area (Å²) in [6, 6.07) is 11.2. The van der Waals surface area contributed by atoms with E-state index in [0.29, 0.717) is 52.7 Å². The average molecular weight is 570 g/mol. The molecule has 9 heteroatoms. The van der Waals surface area contributed by atoms with Crippen LogP contribution in [0.4, 0.5) is 10.1 Å². The fraction of sp³-hybridized carbons (Fsp3) is 0.467. The van der Waals surface area contributed by atoms with Crippen LogP contribution >= 0.6 is 23.2 Å². The second-order valence-electron chi connectivity index (χ2n) is 11.6. The third-order valence-electron chi connectivity index (χ3n) is 9.22. The lowest BCUT2D eigenvalue weighted by molar-refractivity contribution is -0.145. The lowest BCUT2D eigenvalue weighted by atomic mass is 9.71. The van der Waals surface area contributed by atoms with Gasteiger partial charge in [-0.2, -0.15) is 5.10 Å². The number of hydrogen-bond acceptors (Lipinski definition) is 4. The minimum atomic E-state index is -0.755. The number of carboxylic acids is 1. The Balaban J connectivity index is 1.03. The van der Waals surface area contributed by atoms with Crippen LogP contribution in [-0.2, 0) is 16.1 Å². The number of anilines is 1. The van der Waals surface area contributed by atoms with Gasteiger partial charge in [-0.1, -0.05) is 35.3 Å². The molecule has 3 saturated carbocycles. The zero-order valence-corrected chi connectivity index (χ0v) is 22.9. The van der Waals surface area contributed by atoms with Crippen molar-refractivity contribution in [3.8, 4) is 5.69 Å². The summed E-state index contributed by atoms with van der Waals surface area (Å²) in [5, 5.41) is 14.9. The largest absolute Gasteiger partial charge is 0.481 e. The Bertz CT molecular complexity index is 1410. The first-order valence-corrected chi connectivity index (χ1v) is 14.5. The normalized spacial score (nSPS) is 27.7. The van der Waals surface area contributed by atoms with Crippen LogP contribution in [0.15, 0.2) is 42.6 Å². The zero-order valence-electron chi connectivity index (χ0n) is 21.4. The fourth-order valence-electron chi connectivity index (χ4n) is 6.84. The molecule has 0 unspecified atom stereocenters. The molecule has 39 heavy (non-hydrogen) atoms. The van der Waals surface area contributed by atoms with Gasteiger partial charge < -0.3 is 14.7 Å². The molecule has 1 aromatic heterocycles. The van der Waals surface area contributed by atoms with Crippen LogP contribution < -0.4 is 4.90 Å². The molecule has 7 rings (SSSR count). The lowest BCUT2D eigenvalue weighted by Gasteiger charge is -2.35. The number of rotatable bonds is 8. The maximum atomic E-state index is 15.2. The van der Waals surface area contributed by atoms with E-state index in [2.05, 4.69) is 10.00 Å². The van der Waals surface area contributed by atoms with Gasteiger partial charge >= 0.3 is 5.97 Å². The predicted molar refractivity (Wildman–Crippen MR) is 147 cm³/mol. The van der Waals surface area contributed by atoms with Crippen LogP contribution in [0.1, 0.15) is 67.2 Å². The lowest BCUT2D eigenvalue weighted by Crippen LogP contribution is -2.39. The molecule has 0 spiro atoms.